The molecule has 1 fully saturated rings. The van der Waals surface area contributed by atoms with Crippen LogP contribution in [0.25, 0.3) is 0 Å². The Morgan fingerprint density at radius 2 is 2.29 bits per heavy atom. The van der Waals surface area contributed by atoms with E-state index >= 15 is 0 Å². The van der Waals surface area contributed by atoms with Crippen molar-refractivity contribution >= 4 is 12.6 Å². The molecular weight excluding hydrogens is 173 g/mol. The molecule has 0 saturated heterocycles. The lowest BCUT2D eigenvalue weighted by atomic mass is 9.49. The van der Waals surface area contributed by atoms with E-state index in [2.05, 4.69) is 31.1 Å². The predicted octanol–water partition coefficient (Wildman–Crippen LogP) is 2.14. The fourth-order valence-corrected chi connectivity index (χ4v) is 1.50. The lowest BCUT2D eigenvalue weighted by Gasteiger charge is -2.00. The van der Waals surface area contributed by atoms with Crippen LogP contribution in [0.15, 0.2) is 12.1 Å². The van der Waals surface area contributed by atoms with E-state index in [1.165, 1.54) is 12.7 Å². The van der Waals surface area contributed by atoms with Crippen LogP contribution < -0.4 is 5.32 Å². The number of hydrogen-bond donors (Lipinski definition) is 1. The van der Waals surface area contributed by atoms with Crippen LogP contribution in [0.1, 0.15) is 26.2 Å². The summed E-state index contributed by atoms with van der Waals surface area (Å²) in [6.45, 7) is 5.74. The Labute approximate surface area is 87.2 Å². The average molecular weight is 193 g/mol. The van der Waals surface area contributed by atoms with Gasteiger partial charge in [-0.3, -0.25) is 4.79 Å². The molecule has 0 aliphatic heterocycles. The maximum atomic E-state index is 11.2. The molecule has 1 aliphatic carbocycles. The molecule has 0 bridgehead atoms. The first kappa shape index (κ1) is 11.4. The molecule has 0 unspecified atom stereocenters. The minimum Gasteiger partial charge on any atom is -0.352 e. The van der Waals surface area contributed by atoms with Gasteiger partial charge >= 0.3 is 0 Å². The van der Waals surface area contributed by atoms with E-state index < -0.39 is 0 Å². The topological polar surface area (TPSA) is 29.1 Å². The van der Waals surface area contributed by atoms with Gasteiger partial charge in [-0.15, -0.1) is 5.98 Å². The minimum atomic E-state index is 0.234. The molecule has 1 aliphatic rings. The molecule has 0 aromatic heterocycles. The summed E-state index contributed by atoms with van der Waals surface area (Å²) in [6.07, 6.45) is 6.69. The predicted molar refractivity (Wildman–Crippen MR) is 61.6 cm³/mol. The van der Waals surface area contributed by atoms with Crippen molar-refractivity contribution in [3.05, 3.63) is 12.1 Å². The molecule has 1 rings (SSSR count). The second-order valence-electron chi connectivity index (χ2n) is 4.21. The summed E-state index contributed by atoms with van der Waals surface area (Å²) in [5, 5.41) is 2.92. The SMILES string of the molecule is CCCB(C)/C=C/CNC(=O)C1CC1. The van der Waals surface area contributed by atoms with Crippen molar-refractivity contribution in [1.29, 1.82) is 0 Å². The van der Waals surface area contributed by atoms with E-state index in [1.54, 1.807) is 0 Å². The third-order valence-corrected chi connectivity index (χ3v) is 2.55. The first-order chi connectivity index (χ1) is 6.74. The van der Waals surface area contributed by atoms with Gasteiger partial charge in [-0.2, -0.15) is 0 Å². The van der Waals surface area contributed by atoms with Crippen LogP contribution >= 0.6 is 0 Å². The lowest BCUT2D eigenvalue weighted by Crippen LogP contribution is -2.24. The maximum Gasteiger partial charge on any atom is 0.223 e. The summed E-state index contributed by atoms with van der Waals surface area (Å²) in [6, 6.07) is 0. The van der Waals surface area contributed by atoms with Crippen LogP contribution in [-0.2, 0) is 4.79 Å². The highest BCUT2D eigenvalue weighted by Gasteiger charge is 2.28. The third-order valence-electron chi connectivity index (χ3n) is 2.55. The van der Waals surface area contributed by atoms with Gasteiger partial charge in [0.05, 0.1) is 0 Å². The lowest BCUT2D eigenvalue weighted by molar-refractivity contribution is -0.122. The van der Waals surface area contributed by atoms with E-state index in [1.807, 2.05) is 0 Å². The number of carbonyl (C=O) groups is 1. The average Bonchev–Trinajstić information content (AvgIpc) is 2.95. The summed E-state index contributed by atoms with van der Waals surface area (Å²) >= 11 is 0. The van der Waals surface area contributed by atoms with Gasteiger partial charge < -0.3 is 5.32 Å². The third kappa shape index (κ3) is 4.49. The highest BCUT2D eigenvalue weighted by Crippen LogP contribution is 2.28. The molecule has 1 saturated carbocycles. The molecule has 0 radical (unpaired) electrons. The number of amides is 1. The van der Waals surface area contributed by atoms with Crippen molar-refractivity contribution < 1.29 is 4.79 Å². The molecule has 1 N–H and O–H groups in total. The van der Waals surface area contributed by atoms with E-state index in [-0.39, 0.29) is 5.91 Å². The van der Waals surface area contributed by atoms with Gasteiger partial charge in [0.15, 0.2) is 6.71 Å². The summed E-state index contributed by atoms with van der Waals surface area (Å²) < 4.78 is 0. The monoisotopic (exact) mass is 193 g/mol. The van der Waals surface area contributed by atoms with Crippen LogP contribution in [0.3, 0.4) is 0 Å². The molecule has 0 aromatic carbocycles. The number of rotatable bonds is 6. The van der Waals surface area contributed by atoms with Crippen molar-refractivity contribution in [2.45, 2.75) is 39.3 Å². The Kier molecular flexibility index (Phi) is 4.78. The van der Waals surface area contributed by atoms with Gasteiger partial charge in [0.25, 0.3) is 0 Å². The molecule has 1 amide bonds. The number of nitrogens with one attached hydrogen (secondary N) is 1. The van der Waals surface area contributed by atoms with Crippen LogP contribution in [0.4, 0.5) is 0 Å². The Balaban J connectivity index is 2.04. The molecule has 0 heterocycles. The smallest absolute Gasteiger partial charge is 0.223 e. The van der Waals surface area contributed by atoms with Crippen molar-refractivity contribution in [3.8, 4) is 0 Å². The first-order valence-electron chi connectivity index (χ1n) is 5.68. The van der Waals surface area contributed by atoms with Gasteiger partial charge in [-0.1, -0.05) is 32.6 Å². The molecule has 0 spiro atoms. The second-order valence-corrected chi connectivity index (χ2v) is 4.21. The highest BCUT2D eigenvalue weighted by atomic mass is 16.2. The molecule has 0 aromatic rings. The number of carbonyl (C=O) groups excluding carboxylic acids is 1. The van der Waals surface area contributed by atoms with Gasteiger partial charge in [-0.05, 0) is 12.8 Å². The Morgan fingerprint density at radius 3 is 2.86 bits per heavy atom. The zero-order valence-electron chi connectivity index (χ0n) is 9.25. The van der Waals surface area contributed by atoms with Crippen LogP contribution in [0.5, 0.6) is 0 Å². The summed E-state index contributed by atoms with van der Waals surface area (Å²) in [5.41, 5.74) is 0. The fourth-order valence-electron chi connectivity index (χ4n) is 1.50. The van der Waals surface area contributed by atoms with Gasteiger partial charge in [0.2, 0.25) is 5.91 Å². The first-order valence-corrected chi connectivity index (χ1v) is 5.68. The van der Waals surface area contributed by atoms with Crippen LogP contribution in [0.2, 0.25) is 13.1 Å². The Bertz CT molecular complexity index is 211. The van der Waals surface area contributed by atoms with Crippen molar-refractivity contribution in [3.63, 3.8) is 0 Å². The van der Waals surface area contributed by atoms with E-state index in [0.717, 1.165) is 12.8 Å². The summed E-state index contributed by atoms with van der Waals surface area (Å²) in [4.78, 5) is 11.2. The van der Waals surface area contributed by atoms with Gasteiger partial charge in [0, 0.05) is 12.5 Å². The highest BCUT2D eigenvalue weighted by molar-refractivity contribution is 6.62. The van der Waals surface area contributed by atoms with Gasteiger partial charge in [-0.25, -0.2) is 0 Å². The zero-order chi connectivity index (χ0) is 10.4. The van der Waals surface area contributed by atoms with Crippen LogP contribution in [-0.4, -0.2) is 19.2 Å². The molecular formula is C11H20BNO. The van der Waals surface area contributed by atoms with Crippen molar-refractivity contribution in [2.75, 3.05) is 6.54 Å². The second kappa shape index (κ2) is 5.89. The van der Waals surface area contributed by atoms with Gasteiger partial charge in [0.1, 0.15) is 0 Å². The standard InChI is InChI=1S/C11H20BNO/c1-3-7-12(2)8-4-9-13-11(14)10-5-6-10/h4,8,10H,3,5-7,9H2,1-2H3,(H,13,14)/b8-4+. The Morgan fingerprint density at radius 1 is 1.57 bits per heavy atom. The summed E-state index contributed by atoms with van der Waals surface area (Å²) in [5.74, 6) is 2.76. The molecule has 78 valence electrons. The van der Waals surface area contributed by atoms with Crippen LogP contribution in [0, 0.1) is 5.92 Å². The Hall–Kier alpha value is -0.725. The minimum absolute atomic E-state index is 0.234. The van der Waals surface area contributed by atoms with E-state index in [9.17, 15) is 4.79 Å². The largest absolute Gasteiger partial charge is 0.352 e. The molecule has 14 heavy (non-hydrogen) atoms. The van der Waals surface area contributed by atoms with Crippen molar-refractivity contribution in [1.82, 2.24) is 5.32 Å². The molecule has 2 nitrogen and oxygen atoms in total. The quantitative estimate of drug-likeness (QED) is 0.643. The van der Waals surface area contributed by atoms with Crippen molar-refractivity contribution in [2.24, 2.45) is 5.92 Å². The van der Waals surface area contributed by atoms with E-state index in [4.69, 9.17) is 0 Å². The molecule has 0 atom stereocenters. The van der Waals surface area contributed by atoms with E-state index in [0.29, 0.717) is 19.2 Å². The molecule has 3 heteroatoms. The normalized spacial score (nSPS) is 15.9. The number of hydrogen-bond acceptors (Lipinski definition) is 1. The maximum absolute atomic E-state index is 11.2. The zero-order valence-corrected chi connectivity index (χ0v) is 9.25. The summed E-state index contributed by atoms with van der Waals surface area (Å²) in [7, 11) is 0. The fraction of sp³-hybridized carbons (Fsp3) is 0.727.